The largest absolute Gasteiger partial charge is 0.395 e. The third-order valence-corrected chi connectivity index (χ3v) is 3.28. The molecule has 1 fully saturated rings. The van der Waals surface area contributed by atoms with Crippen molar-refractivity contribution in [1.82, 2.24) is 5.32 Å². The van der Waals surface area contributed by atoms with Crippen LogP contribution >= 0.6 is 0 Å². The molecule has 0 amide bonds. The first kappa shape index (κ1) is 13.3. The van der Waals surface area contributed by atoms with E-state index in [-0.39, 0.29) is 12.4 Å². The predicted octanol–water partition coefficient (Wildman–Crippen LogP) is 1.90. The molecule has 4 heteroatoms. The number of anilines is 1. The zero-order chi connectivity index (χ0) is 13.0. The molecular formula is C14H21FN2O. The van der Waals surface area contributed by atoms with Gasteiger partial charge in [0.05, 0.1) is 12.3 Å². The van der Waals surface area contributed by atoms with Crippen LogP contribution in [0.5, 0.6) is 0 Å². The minimum absolute atomic E-state index is 0.0395. The molecule has 18 heavy (non-hydrogen) atoms. The topological polar surface area (TPSA) is 35.5 Å². The number of rotatable bonds is 7. The van der Waals surface area contributed by atoms with Gasteiger partial charge in [0.15, 0.2) is 0 Å². The molecule has 0 atom stereocenters. The summed E-state index contributed by atoms with van der Waals surface area (Å²) in [5.41, 5.74) is 1.68. The Balaban J connectivity index is 2.08. The molecule has 2 rings (SSSR count). The van der Waals surface area contributed by atoms with Crippen LogP contribution in [-0.4, -0.2) is 30.8 Å². The van der Waals surface area contributed by atoms with Gasteiger partial charge in [0.1, 0.15) is 5.82 Å². The third-order valence-electron chi connectivity index (χ3n) is 3.28. The van der Waals surface area contributed by atoms with Gasteiger partial charge in [-0.1, -0.05) is 6.07 Å². The molecule has 1 aromatic rings. The maximum Gasteiger partial charge on any atom is 0.146 e. The molecule has 0 spiro atoms. The van der Waals surface area contributed by atoms with Crippen molar-refractivity contribution < 1.29 is 9.50 Å². The van der Waals surface area contributed by atoms with Crippen molar-refractivity contribution in [2.45, 2.75) is 32.4 Å². The van der Waals surface area contributed by atoms with Crippen molar-refractivity contribution in [2.75, 3.05) is 24.6 Å². The predicted molar refractivity (Wildman–Crippen MR) is 71.2 cm³/mol. The van der Waals surface area contributed by atoms with Gasteiger partial charge in [0.25, 0.3) is 0 Å². The van der Waals surface area contributed by atoms with Crippen molar-refractivity contribution in [3.8, 4) is 0 Å². The van der Waals surface area contributed by atoms with Gasteiger partial charge < -0.3 is 15.3 Å². The first-order valence-corrected chi connectivity index (χ1v) is 6.62. The van der Waals surface area contributed by atoms with Crippen LogP contribution in [-0.2, 0) is 6.54 Å². The highest BCUT2D eigenvalue weighted by Gasteiger charge is 2.20. The molecule has 1 aliphatic rings. The van der Waals surface area contributed by atoms with Gasteiger partial charge >= 0.3 is 0 Å². The quantitative estimate of drug-likeness (QED) is 0.778. The van der Waals surface area contributed by atoms with Gasteiger partial charge in [-0.05, 0) is 37.5 Å². The van der Waals surface area contributed by atoms with Gasteiger partial charge in [-0.3, -0.25) is 0 Å². The van der Waals surface area contributed by atoms with Gasteiger partial charge in [-0.25, -0.2) is 4.39 Å². The summed E-state index contributed by atoms with van der Waals surface area (Å²) in [5.74, 6) is -0.222. The molecule has 1 aliphatic carbocycles. The smallest absolute Gasteiger partial charge is 0.146 e. The molecule has 3 nitrogen and oxygen atoms in total. The van der Waals surface area contributed by atoms with E-state index in [4.69, 9.17) is 5.11 Å². The number of benzene rings is 1. The molecule has 0 aliphatic heterocycles. The van der Waals surface area contributed by atoms with Crippen molar-refractivity contribution in [1.29, 1.82) is 0 Å². The second-order valence-electron chi connectivity index (χ2n) is 4.74. The number of likely N-dealkylation sites (N-methyl/N-ethyl adjacent to an activating group) is 1. The lowest BCUT2D eigenvalue weighted by Crippen LogP contribution is -2.27. The summed E-state index contributed by atoms with van der Waals surface area (Å²) in [6.07, 6.45) is 2.50. The number of halogens is 1. The van der Waals surface area contributed by atoms with Crippen LogP contribution in [0.15, 0.2) is 18.2 Å². The van der Waals surface area contributed by atoms with E-state index in [1.807, 2.05) is 24.0 Å². The Labute approximate surface area is 108 Å². The number of hydrogen-bond acceptors (Lipinski definition) is 3. The number of aliphatic hydroxyl groups excluding tert-OH is 1. The highest BCUT2D eigenvalue weighted by molar-refractivity contribution is 5.50. The molecule has 0 aromatic heterocycles. The lowest BCUT2D eigenvalue weighted by atomic mass is 10.1. The van der Waals surface area contributed by atoms with Gasteiger partial charge in [-0.2, -0.15) is 0 Å². The number of nitrogens with zero attached hydrogens (tertiary/aromatic N) is 1. The van der Waals surface area contributed by atoms with Crippen LogP contribution < -0.4 is 10.2 Å². The first-order chi connectivity index (χ1) is 8.74. The first-order valence-electron chi connectivity index (χ1n) is 6.62. The molecule has 0 heterocycles. The van der Waals surface area contributed by atoms with Crippen molar-refractivity contribution in [3.63, 3.8) is 0 Å². The Morgan fingerprint density at radius 1 is 1.44 bits per heavy atom. The molecule has 1 aromatic carbocycles. The van der Waals surface area contributed by atoms with E-state index in [1.165, 1.54) is 18.9 Å². The van der Waals surface area contributed by atoms with Crippen LogP contribution in [0, 0.1) is 5.82 Å². The molecule has 0 unspecified atom stereocenters. The molecule has 100 valence electrons. The van der Waals surface area contributed by atoms with Crippen LogP contribution in [0.3, 0.4) is 0 Å². The van der Waals surface area contributed by atoms with Crippen LogP contribution in [0.2, 0.25) is 0 Å². The van der Waals surface area contributed by atoms with E-state index in [2.05, 4.69) is 5.32 Å². The fourth-order valence-corrected chi connectivity index (χ4v) is 2.03. The standard InChI is InChI=1S/C14H21FN2O/c1-2-17(7-8-18)14-9-11(3-6-13(14)15)10-16-12-4-5-12/h3,6,9,12,16,18H,2,4-5,7-8,10H2,1H3. The summed E-state index contributed by atoms with van der Waals surface area (Å²) >= 11 is 0. The Morgan fingerprint density at radius 3 is 2.83 bits per heavy atom. The number of hydrogen-bond donors (Lipinski definition) is 2. The molecule has 0 radical (unpaired) electrons. The van der Waals surface area contributed by atoms with E-state index in [0.717, 1.165) is 12.1 Å². The summed E-state index contributed by atoms with van der Waals surface area (Å²) in [7, 11) is 0. The minimum Gasteiger partial charge on any atom is -0.395 e. The van der Waals surface area contributed by atoms with Crippen LogP contribution in [0.25, 0.3) is 0 Å². The Hall–Kier alpha value is -1.13. The van der Waals surface area contributed by atoms with Gasteiger partial charge in [-0.15, -0.1) is 0 Å². The van der Waals surface area contributed by atoms with Crippen LogP contribution in [0.4, 0.5) is 10.1 Å². The summed E-state index contributed by atoms with van der Waals surface area (Å²) in [5, 5.41) is 12.4. The van der Waals surface area contributed by atoms with Crippen LogP contribution in [0.1, 0.15) is 25.3 Å². The molecular weight excluding hydrogens is 231 g/mol. The SMILES string of the molecule is CCN(CCO)c1cc(CNC2CC2)ccc1F. The average Bonchev–Trinajstić information content (AvgIpc) is 3.19. The molecule has 1 saturated carbocycles. The number of aliphatic hydroxyl groups is 1. The third kappa shape index (κ3) is 3.43. The summed E-state index contributed by atoms with van der Waals surface area (Å²) in [4.78, 5) is 1.86. The van der Waals surface area contributed by atoms with Gasteiger partial charge in [0, 0.05) is 25.7 Å². The van der Waals surface area contributed by atoms with Crippen molar-refractivity contribution in [2.24, 2.45) is 0 Å². The number of nitrogens with one attached hydrogen (secondary N) is 1. The van der Waals surface area contributed by atoms with E-state index < -0.39 is 0 Å². The normalized spacial score (nSPS) is 14.8. The molecule has 0 bridgehead atoms. The highest BCUT2D eigenvalue weighted by atomic mass is 19.1. The average molecular weight is 252 g/mol. The van der Waals surface area contributed by atoms with Crippen molar-refractivity contribution in [3.05, 3.63) is 29.6 Å². The summed E-state index contributed by atoms with van der Waals surface area (Å²) < 4.78 is 13.8. The lowest BCUT2D eigenvalue weighted by molar-refractivity contribution is 0.302. The second kappa shape index (κ2) is 6.16. The van der Waals surface area contributed by atoms with Gasteiger partial charge in [0.2, 0.25) is 0 Å². The zero-order valence-corrected chi connectivity index (χ0v) is 10.8. The van der Waals surface area contributed by atoms with Crippen molar-refractivity contribution >= 4 is 5.69 Å². The molecule has 0 saturated heterocycles. The fraction of sp³-hybridized carbons (Fsp3) is 0.571. The highest BCUT2D eigenvalue weighted by Crippen LogP contribution is 2.23. The summed E-state index contributed by atoms with van der Waals surface area (Å²) in [6.45, 7) is 3.95. The van der Waals surface area contributed by atoms with E-state index in [0.29, 0.717) is 24.8 Å². The fourth-order valence-electron chi connectivity index (χ4n) is 2.03. The Morgan fingerprint density at radius 2 is 2.22 bits per heavy atom. The minimum atomic E-state index is -0.222. The maximum atomic E-state index is 13.8. The zero-order valence-electron chi connectivity index (χ0n) is 10.8. The monoisotopic (exact) mass is 252 g/mol. The lowest BCUT2D eigenvalue weighted by Gasteiger charge is -2.23. The maximum absolute atomic E-state index is 13.8. The van der Waals surface area contributed by atoms with E-state index in [9.17, 15) is 4.39 Å². The Bertz CT molecular complexity index is 393. The second-order valence-corrected chi connectivity index (χ2v) is 4.74. The van der Waals surface area contributed by atoms with E-state index in [1.54, 1.807) is 0 Å². The molecule has 2 N–H and O–H groups in total. The van der Waals surface area contributed by atoms with E-state index >= 15 is 0 Å². The Kier molecular flexibility index (Phi) is 4.55. The summed E-state index contributed by atoms with van der Waals surface area (Å²) in [6, 6.07) is 5.86.